The van der Waals surface area contributed by atoms with E-state index in [4.69, 9.17) is 21.1 Å². The number of carbonyl (C=O) groups excluding carboxylic acids is 1. The van der Waals surface area contributed by atoms with Crippen molar-refractivity contribution in [3.05, 3.63) is 91.9 Å². The van der Waals surface area contributed by atoms with Gasteiger partial charge in [0, 0.05) is 10.7 Å². The Morgan fingerprint density at radius 2 is 1.91 bits per heavy atom. The predicted octanol–water partition coefficient (Wildman–Crippen LogP) is 7.24. The van der Waals surface area contributed by atoms with Crippen molar-refractivity contribution in [1.82, 2.24) is 0 Å². The van der Waals surface area contributed by atoms with Crippen LogP contribution in [0.1, 0.15) is 29.2 Å². The number of ether oxygens (including phenoxy) is 2. The Morgan fingerprint density at radius 1 is 1.15 bits per heavy atom. The van der Waals surface area contributed by atoms with Crippen molar-refractivity contribution in [1.29, 1.82) is 5.26 Å². The zero-order valence-electron chi connectivity index (χ0n) is 19.1. The molecule has 7 heteroatoms. The Bertz CT molecular complexity index is 1280. The van der Waals surface area contributed by atoms with Gasteiger partial charge in [-0.2, -0.15) is 5.26 Å². The van der Waals surface area contributed by atoms with Crippen LogP contribution in [0.3, 0.4) is 0 Å². The van der Waals surface area contributed by atoms with Crippen LogP contribution < -0.4 is 14.8 Å². The van der Waals surface area contributed by atoms with Crippen LogP contribution in [0, 0.1) is 25.2 Å². The molecule has 0 unspecified atom stereocenters. The highest BCUT2D eigenvalue weighted by Crippen LogP contribution is 2.38. The van der Waals surface area contributed by atoms with Gasteiger partial charge in [0.25, 0.3) is 5.91 Å². The molecule has 3 rings (SSSR count). The van der Waals surface area contributed by atoms with Crippen molar-refractivity contribution < 1.29 is 14.3 Å². The number of nitrogens with zero attached hydrogens (tertiary/aromatic N) is 1. The van der Waals surface area contributed by atoms with Crippen LogP contribution in [-0.4, -0.2) is 12.5 Å². The predicted molar refractivity (Wildman–Crippen MR) is 139 cm³/mol. The number of aryl methyl sites for hydroxylation is 1. The van der Waals surface area contributed by atoms with E-state index >= 15 is 0 Å². The molecular weight excluding hydrogens is 516 g/mol. The van der Waals surface area contributed by atoms with E-state index in [1.165, 1.54) is 6.08 Å². The lowest BCUT2D eigenvalue weighted by molar-refractivity contribution is -0.112. The zero-order chi connectivity index (χ0) is 24.7. The Morgan fingerprint density at radius 3 is 2.62 bits per heavy atom. The van der Waals surface area contributed by atoms with Crippen LogP contribution in [0.25, 0.3) is 6.08 Å². The minimum Gasteiger partial charge on any atom is -0.490 e. The molecule has 3 aromatic rings. The van der Waals surface area contributed by atoms with E-state index in [1.54, 1.807) is 37.3 Å². The molecule has 0 fully saturated rings. The van der Waals surface area contributed by atoms with Gasteiger partial charge in [0.2, 0.25) is 0 Å². The van der Waals surface area contributed by atoms with E-state index in [9.17, 15) is 10.1 Å². The van der Waals surface area contributed by atoms with Gasteiger partial charge in [0.15, 0.2) is 11.5 Å². The second-order valence-electron chi connectivity index (χ2n) is 7.58. The number of rotatable bonds is 8. The number of anilines is 1. The Kier molecular flexibility index (Phi) is 8.75. The second-order valence-corrected chi connectivity index (χ2v) is 8.84. The zero-order valence-corrected chi connectivity index (χ0v) is 21.5. The number of carbonyl (C=O) groups is 1. The van der Waals surface area contributed by atoms with Crippen LogP contribution in [0.15, 0.2) is 64.6 Å². The lowest BCUT2D eigenvalue weighted by Crippen LogP contribution is -2.14. The van der Waals surface area contributed by atoms with Gasteiger partial charge in [0.05, 0.1) is 11.1 Å². The number of nitriles is 1. The molecule has 174 valence electrons. The summed E-state index contributed by atoms with van der Waals surface area (Å²) in [6.45, 7) is 6.51. The molecule has 0 aromatic heterocycles. The van der Waals surface area contributed by atoms with Crippen LogP contribution >= 0.6 is 27.5 Å². The van der Waals surface area contributed by atoms with Crippen molar-refractivity contribution in [2.45, 2.75) is 27.4 Å². The highest BCUT2D eigenvalue weighted by atomic mass is 79.9. The van der Waals surface area contributed by atoms with Gasteiger partial charge in [-0.25, -0.2) is 0 Å². The van der Waals surface area contributed by atoms with Crippen molar-refractivity contribution >= 4 is 45.2 Å². The fourth-order valence-corrected chi connectivity index (χ4v) is 4.03. The minimum atomic E-state index is -0.526. The van der Waals surface area contributed by atoms with Crippen molar-refractivity contribution in [2.24, 2.45) is 0 Å². The number of amides is 1. The molecule has 5 nitrogen and oxygen atoms in total. The molecule has 1 amide bonds. The van der Waals surface area contributed by atoms with Gasteiger partial charge in [-0.3, -0.25) is 4.79 Å². The monoisotopic (exact) mass is 538 g/mol. The minimum absolute atomic E-state index is 0.0536. The van der Waals surface area contributed by atoms with E-state index in [2.05, 4.69) is 27.3 Å². The average molecular weight is 540 g/mol. The third-order valence-electron chi connectivity index (χ3n) is 4.99. The highest BCUT2D eigenvalue weighted by Gasteiger charge is 2.15. The number of benzene rings is 3. The first-order valence-electron chi connectivity index (χ1n) is 10.6. The van der Waals surface area contributed by atoms with Crippen LogP contribution in [0.2, 0.25) is 5.02 Å². The van der Waals surface area contributed by atoms with E-state index in [0.29, 0.717) is 45.5 Å². The van der Waals surface area contributed by atoms with E-state index in [0.717, 1.165) is 16.7 Å². The molecule has 0 heterocycles. The number of hydrogen-bond donors (Lipinski definition) is 1. The second kappa shape index (κ2) is 11.7. The molecule has 1 N–H and O–H groups in total. The first-order valence-corrected chi connectivity index (χ1v) is 11.8. The van der Waals surface area contributed by atoms with E-state index < -0.39 is 5.91 Å². The molecule has 0 saturated heterocycles. The molecule has 0 spiro atoms. The molecule has 0 bridgehead atoms. The standard InChI is InChI=1S/C27H24BrClN2O3/c1-4-33-25-14-20(13-22(28)26(25)34-16-19-8-5-7-17(2)11-19)12-21(15-30)27(32)31-24-10-6-9-23(29)18(24)3/h5-14H,4,16H2,1-3H3,(H,31,32)/b21-12+. The first kappa shape index (κ1) is 25.4. The summed E-state index contributed by atoms with van der Waals surface area (Å²) < 4.78 is 12.5. The van der Waals surface area contributed by atoms with Gasteiger partial charge in [-0.15, -0.1) is 0 Å². The maximum atomic E-state index is 12.7. The SMILES string of the molecule is CCOc1cc(/C=C(\C#N)C(=O)Nc2cccc(Cl)c2C)cc(Br)c1OCc1cccc(C)c1. The lowest BCUT2D eigenvalue weighted by Gasteiger charge is -2.15. The summed E-state index contributed by atoms with van der Waals surface area (Å²) in [5, 5.41) is 12.9. The Hall–Kier alpha value is -3.27. The van der Waals surface area contributed by atoms with Crippen LogP contribution in [0.4, 0.5) is 5.69 Å². The summed E-state index contributed by atoms with van der Waals surface area (Å²) in [5.41, 5.74) is 4.04. The van der Waals surface area contributed by atoms with Gasteiger partial charge < -0.3 is 14.8 Å². The van der Waals surface area contributed by atoms with Crippen LogP contribution in [0.5, 0.6) is 11.5 Å². The molecule has 3 aromatic carbocycles. The highest BCUT2D eigenvalue weighted by molar-refractivity contribution is 9.10. The number of halogens is 2. The molecule has 34 heavy (non-hydrogen) atoms. The first-order chi connectivity index (χ1) is 16.3. The van der Waals surface area contributed by atoms with Gasteiger partial charge in [-0.05, 0) is 83.7 Å². The molecular formula is C27H24BrClN2O3. The summed E-state index contributed by atoms with van der Waals surface area (Å²) in [7, 11) is 0. The van der Waals surface area contributed by atoms with E-state index in [1.807, 2.05) is 38.1 Å². The summed E-state index contributed by atoms with van der Waals surface area (Å²) in [6, 6.07) is 18.8. The quantitative estimate of drug-likeness (QED) is 0.242. The summed E-state index contributed by atoms with van der Waals surface area (Å²) in [4.78, 5) is 12.7. The fraction of sp³-hybridized carbons (Fsp3) is 0.185. The summed E-state index contributed by atoms with van der Waals surface area (Å²) in [6.07, 6.45) is 1.51. The third-order valence-corrected chi connectivity index (χ3v) is 5.99. The summed E-state index contributed by atoms with van der Waals surface area (Å²) >= 11 is 9.67. The molecule has 0 radical (unpaired) electrons. The molecule has 0 aliphatic heterocycles. The average Bonchev–Trinajstić information content (AvgIpc) is 2.80. The maximum absolute atomic E-state index is 12.7. The molecule has 0 aliphatic carbocycles. The van der Waals surface area contributed by atoms with Gasteiger partial charge >= 0.3 is 0 Å². The van der Waals surface area contributed by atoms with Gasteiger partial charge in [0.1, 0.15) is 18.2 Å². The van der Waals surface area contributed by atoms with Gasteiger partial charge in [-0.1, -0.05) is 47.5 Å². The molecule has 0 saturated carbocycles. The Labute approximate surface area is 213 Å². The Balaban J connectivity index is 1.86. The van der Waals surface area contributed by atoms with E-state index in [-0.39, 0.29) is 5.57 Å². The largest absolute Gasteiger partial charge is 0.490 e. The lowest BCUT2D eigenvalue weighted by atomic mass is 10.1. The topological polar surface area (TPSA) is 71.3 Å². The van der Waals surface area contributed by atoms with Crippen molar-refractivity contribution in [3.63, 3.8) is 0 Å². The van der Waals surface area contributed by atoms with Crippen LogP contribution in [-0.2, 0) is 11.4 Å². The van der Waals surface area contributed by atoms with Crippen molar-refractivity contribution in [2.75, 3.05) is 11.9 Å². The molecule has 0 atom stereocenters. The number of hydrogen-bond acceptors (Lipinski definition) is 4. The third kappa shape index (κ3) is 6.40. The smallest absolute Gasteiger partial charge is 0.266 e. The summed E-state index contributed by atoms with van der Waals surface area (Å²) in [5.74, 6) is 0.541. The maximum Gasteiger partial charge on any atom is 0.266 e. The molecule has 0 aliphatic rings. The van der Waals surface area contributed by atoms with Crippen molar-refractivity contribution in [3.8, 4) is 17.6 Å². The fourth-order valence-electron chi connectivity index (χ4n) is 3.28. The normalized spacial score (nSPS) is 11.0. The number of nitrogens with one attached hydrogen (secondary N) is 1.